The first-order chi connectivity index (χ1) is 11.5. The fraction of sp³-hybridized carbons (Fsp3) is 0.300. The van der Waals surface area contributed by atoms with E-state index in [1.54, 1.807) is 24.3 Å². The van der Waals surface area contributed by atoms with Crippen LogP contribution in [0.4, 0.5) is 5.69 Å². The molecule has 1 aliphatic heterocycles. The molecule has 0 unspecified atom stereocenters. The molecular formula is C20H21NO3. The van der Waals surface area contributed by atoms with Crippen molar-refractivity contribution < 1.29 is 14.7 Å². The smallest absolute Gasteiger partial charge is 0.196 e. The molecule has 0 bridgehead atoms. The van der Waals surface area contributed by atoms with Gasteiger partial charge in [-0.15, -0.1) is 0 Å². The molecule has 1 saturated heterocycles. The summed E-state index contributed by atoms with van der Waals surface area (Å²) in [5.41, 5.74) is 3.04. The van der Waals surface area contributed by atoms with E-state index in [0.29, 0.717) is 11.1 Å². The SMILES string of the molecule is CC(=O)c1cc(C(=O)c2cc(C)ccc2O)ccc1N1CCCC1. The second kappa shape index (κ2) is 6.48. The van der Waals surface area contributed by atoms with Gasteiger partial charge in [-0.2, -0.15) is 0 Å². The maximum absolute atomic E-state index is 12.7. The van der Waals surface area contributed by atoms with E-state index in [4.69, 9.17) is 0 Å². The van der Waals surface area contributed by atoms with Crippen LogP contribution in [0.15, 0.2) is 36.4 Å². The molecule has 1 aliphatic rings. The Morgan fingerprint density at radius 3 is 2.38 bits per heavy atom. The number of ketones is 2. The number of hydrogen-bond donors (Lipinski definition) is 1. The summed E-state index contributed by atoms with van der Waals surface area (Å²) in [5, 5.41) is 9.98. The summed E-state index contributed by atoms with van der Waals surface area (Å²) >= 11 is 0. The summed E-state index contributed by atoms with van der Waals surface area (Å²) in [6.45, 7) is 5.26. The van der Waals surface area contributed by atoms with Crippen molar-refractivity contribution in [2.24, 2.45) is 0 Å². The lowest BCUT2D eigenvalue weighted by Crippen LogP contribution is -2.20. The van der Waals surface area contributed by atoms with E-state index in [1.807, 2.05) is 13.0 Å². The quantitative estimate of drug-likeness (QED) is 0.871. The van der Waals surface area contributed by atoms with Gasteiger partial charge >= 0.3 is 0 Å². The third-order valence-corrected chi connectivity index (χ3v) is 4.48. The molecule has 4 heteroatoms. The molecule has 1 N–H and O–H groups in total. The van der Waals surface area contributed by atoms with E-state index in [9.17, 15) is 14.7 Å². The molecule has 2 aromatic carbocycles. The molecule has 0 aliphatic carbocycles. The minimum atomic E-state index is -0.272. The van der Waals surface area contributed by atoms with Gasteiger partial charge in [0.05, 0.1) is 5.56 Å². The zero-order valence-electron chi connectivity index (χ0n) is 14.0. The molecule has 24 heavy (non-hydrogen) atoms. The number of rotatable bonds is 4. The Balaban J connectivity index is 2.02. The molecule has 3 rings (SSSR count). The van der Waals surface area contributed by atoms with Gasteiger partial charge in [-0.1, -0.05) is 11.6 Å². The fourth-order valence-corrected chi connectivity index (χ4v) is 3.18. The highest BCUT2D eigenvalue weighted by molar-refractivity contribution is 6.12. The summed E-state index contributed by atoms with van der Waals surface area (Å²) in [5.74, 6) is -0.370. The number of benzene rings is 2. The second-order valence-electron chi connectivity index (χ2n) is 6.33. The third kappa shape index (κ3) is 3.04. The van der Waals surface area contributed by atoms with Gasteiger partial charge in [0.25, 0.3) is 0 Å². The lowest BCUT2D eigenvalue weighted by atomic mass is 9.97. The Kier molecular flexibility index (Phi) is 4.38. The van der Waals surface area contributed by atoms with Crippen LogP contribution in [0.2, 0.25) is 0 Å². The van der Waals surface area contributed by atoms with Crippen LogP contribution in [-0.2, 0) is 0 Å². The van der Waals surface area contributed by atoms with E-state index in [0.717, 1.165) is 37.2 Å². The second-order valence-corrected chi connectivity index (χ2v) is 6.33. The molecule has 0 spiro atoms. The first kappa shape index (κ1) is 16.2. The maximum Gasteiger partial charge on any atom is 0.196 e. The number of aromatic hydroxyl groups is 1. The highest BCUT2D eigenvalue weighted by atomic mass is 16.3. The monoisotopic (exact) mass is 323 g/mol. The average molecular weight is 323 g/mol. The first-order valence-electron chi connectivity index (χ1n) is 8.21. The Labute approximate surface area is 141 Å². The molecule has 1 heterocycles. The van der Waals surface area contributed by atoms with Crippen LogP contribution in [0, 0.1) is 6.92 Å². The van der Waals surface area contributed by atoms with Gasteiger partial charge in [0.1, 0.15) is 5.75 Å². The highest BCUT2D eigenvalue weighted by Crippen LogP contribution is 2.28. The lowest BCUT2D eigenvalue weighted by molar-refractivity contribution is 0.101. The van der Waals surface area contributed by atoms with Gasteiger partial charge in [0.15, 0.2) is 11.6 Å². The van der Waals surface area contributed by atoms with Crippen LogP contribution in [-0.4, -0.2) is 29.8 Å². The van der Waals surface area contributed by atoms with E-state index in [-0.39, 0.29) is 22.9 Å². The molecule has 0 amide bonds. The maximum atomic E-state index is 12.7. The van der Waals surface area contributed by atoms with Gasteiger partial charge in [0, 0.05) is 29.9 Å². The van der Waals surface area contributed by atoms with Crippen LogP contribution >= 0.6 is 0 Å². The van der Waals surface area contributed by atoms with Crippen molar-refractivity contribution in [3.05, 3.63) is 58.7 Å². The number of carbonyl (C=O) groups is 2. The number of anilines is 1. The number of nitrogens with zero attached hydrogens (tertiary/aromatic N) is 1. The van der Waals surface area contributed by atoms with Crippen molar-refractivity contribution in [1.82, 2.24) is 0 Å². The van der Waals surface area contributed by atoms with Crippen molar-refractivity contribution in [1.29, 1.82) is 0 Å². The number of Topliss-reactive ketones (excluding diaryl/α,β-unsaturated/α-hetero) is 1. The van der Waals surface area contributed by atoms with Gasteiger partial charge in [0.2, 0.25) is 0 Å². The van der Waals surface area contributed by atoms with Crippen LogP contribution in [0.1, 0.15) is 51.6 Å². The van der Waals surface area contributed by atoms with Gasteiger partial charge < -0.3 is 10.0 Å². The predicted octanol–water partition coefficient (Wildman–Crippen LogP) is 3.73. The van der Waals surface area contributed by atoms with Gasteiger partial charge in [-0.25, -0.2) is 0 Å². The highest BCUT2D eigenvalue weighted by Gasteiger charge is 2.21. The molecule has 0 radical (unpaired) electrons. The van der Waals surface area contributed by atoms with E-state index >= 15 is 0 Å². The van der Waals surface area contributed by atoms with Crippen molar-refractivity contribution in [3.8, 4) is 5.75 Å². The Morgan fingerprint density at radius 1 is 1.00 bits per heavy atom. The van der Waals surface area contributed by atoms with Crippen LogP contribution < -0.4 is 4.90 Å². The Hall–Kier alpha value is -2.62. The molecule has 2 aromatic rings. The largest absolute Gasteiger partial charge is 0.507 e. The molecule has 0 atom stereocenters. The van der Waals surface area contributed by atoms with E-state index in [1.165, 1.54) is 13.0 Å². The van der Waals surface area contributed by atoms with E-state index in [2.05, 4.69) is 4.90 Å². The Morgan fingerprint density at radius 2 is 1.71 bits per heavy atom. The summed E-state index contributed by atoms with van der Waals surface area (Å²) in [6.07, 6.45) is 2.24. The zero-order chi connectivity index (χ0) is 17.3. The van der Waals surface area contributed by atoms with Crippen molar-refractivity contribution in [3.63, 3.8) is 0 Å². The van der Waals surface area contributed by atoms with Crippen molar-refractivity contribution in [2.45, 2.75) is 26.7 Å². The van der Waals surface area contributed by atoms with Crippen LogP contribution in [0.25, 0.3) is 0 Å². The number of phenols is 1. The minimum absolute atomic E-state index is 0.0430. The Bertz CT molecular complexity index is 805. The molecule has 4 nitrogen and oxygen atoms in total. The summed E-state index contributed by atoms with van der Waals surface area (Å²) < 4.78 is 0. The number of aryl methyl sites for hydroxylation is 1. The minimum Gasteiger partial charge on any atom is -0.507 e. The zero-order valence-corrected chi connectivity index (χ0v) is 14.0. The lowest BCUT2D eigenvalue weighted by Gasteiger charge is -2.21. The summed E-state index contributed by atoms with van der Waals surface area (Å²) in [7, 11) is 0. The van der Waals surface area contributed by atoms with Crippen molar-refractivity contribution >= 4 is 17.3 Å². The summed E-state index contributed by atoms with van der Waals surface area (Å²) in [4.78, 5) is 27.0. The van der Waals surface area contributed by atoms with Gasteiger partial charge in [-0.3, -0.25) is 9.59 Å². The molecule has 0 aromatic heterocycles. The first-order valence-corrected chi connectivity index (χ1v) is 8.21. The standard InChI is InChI=1S/C20H21NO3/c1-13-5-8-19(23)17(11-13)20(24)15-6-7-18(16(12-15)14(2)22)21-9-3-4-10-21/h5-8,11-12,23H,3-4,9-10H2,1-2H3. The number of carbonyl (C=O) groups excluding carboxylic acids is 2. The number of hydrogen-bond acceptors (Lipinski definition) is 4. The third-order valence-electron chi connectivity index (χ3n) is 4.48. The average Bonchev–Trinajstić information content (AvgIpc) is 3.10. The fourth-order valence-electron chi connectivity index (χ4n) is 3.18. The summed E-state index contributed by atoms with van der Waals surface area (Å²) in [6, 6.07) is 10.2. The normalized spacial score (nSPS) is 14.0. The topological polar surface area (TPSA) is 57.6 Å². The van der Waals surface area contributed by atoms with Crippen LogP contribution in [0.5, 0.6) is 5.75 Å². The van der Waals surface area contributed by atoms with Crippen molar-refractivity contribution in [2.75, 3.05) is 18.0 Å². The molecule has 124 valence electrons. The predicted molar refractivity (Wildman–Crippen MR) is 94.2 cm³/mol. The van der Waals surface area contributed by atoms with Gasteiger partial charge in [-0.05, 0) is 57.0 Å². The van der Waals surface area contributed by atoms with E-state index < -0.39 is 0 Å². The molecular weight excluding hydrogens is 302 g/mol. The molecule has 0 saturated carbocycles. The van der Waals surface area contributed by atoms with Crippen LogP contribution in [0.3, 0.4) is 0 Å². The molecule has 1 fully saturated rings. The number of phenolic OH excluding ortho intramolecular Hbond substituents is 1.